The van der Waals surface area contributed by atoms with E-state index in [9.17, 15) is 9.59 Å². The normalized spacial score (nSPS) is 17.3. The van der Waals surface area contributed by atoms with E-state index >= 15 is 0 Å². The summed E-state index contributed by atoms with van der Waals surface area (Å²) in [5.74, 6) is -0.168. The lowest BCUT2D eigenvalue weighted by Crippen LogP contribution is -2.49. The Hall–Kier alpha value is -2.40. The van der Waals surface area contributed by atoms with Gasteiger partial charge in [0.1, 0.15) is 0 Å². The molecule has 1 fully saturated rings. The van der Waals surface area contributed by atoms with E-state index in [4.69, 9.17) is 0 Å². The molecule has 1 aromatic heterocycles. The van der Waals surface area contributed by atoms with Gasteiger partial charge in [-0.15, -0.1) is 0 Å². The number of thiophene rings is 1. The number of nitrogens with one attached hydrogen (secondary N) is 1. The van der Waals surface area contributed by atoms with Crippen LogP contribution in [0.4, 0.5) is 0 Å². The van der Waals surface area contributed by atoms with E-state index in [-0.39, 0.29) is 17.9 Å². The van der Waals surface area contributed by atoms with Crippen molar-refractivity contribution in [3.63, 3.8) is 0 Å². The first-order valence-corrected chi connectivity index (χ1v) is 8.96. The number of piperidine rings is 1. The van der Waals surface area contributed by atoms with Crippen molar-refractivity contribution in [1.29, 1.82) is 0 Å². The molecular weight excluding hydrogens is 320 g/mol. The van der Waals surface area contributed by atoms with Gasteiger partial charge in [-0.2, -0.15) is 11.3 Å². The van der Waals surface area contributed by atoms with Crippen molar-refractivity contribution >= 4 is 23.2 Å². The monoisotopic (exact) mass is 340 g/mol. The van der Waals surface area contributed by atoms with Gasteiger partial charge in [-0.25, -0.2) is 0 Å². The van der Waals surface area contributed by atoms with E-state index in [1.807, 2.05) is 35.7 Å². The molecule has 1 N–H and O–H groups in total. The smallest absolute Gasteiger partial charge is 0.251 e. The first kappa shape index (κ1) is 16.5. The van der Waals surface area contributed by atoms with Crippen LogP contribution >= 0.6 is 11.3 Å². The molecule has 0 saturated carbocycles. The van der Waals surface area contributed by atoms with Crippen molar-refractivity contribution in [1.82, 2.24) is 10.2 Å². The molecule has 0 bridgehead atoms. The van der Waals surface area contributed by atoms with Crippen molar-refractivity contribution in [2.45, 2.75) is 18.9 Å². The number of carbonyl (C=O) groups excluding carboxylic acids is 2. The number of carbonyl (C=O) groups is 2. The van der Waals surface area contributed by atoms with Crippen molar-refractivity contribution < 1.29 is 9.59 Å². The minimum atomic E-state index is -0.0926. The molecule has 0 unspecified atom stereocenters. The van der Waals surface area contributed by atoms with Gasteiger partial charge in [0.2, 0.25) is 5.91 Å². The lowest BCUT2D eigenvalue weighted by atomic mass is 10.0. The van der Waals surface area contributed by atoms with Crippen LogP contribution in [0.25, 0.3) is 11.1 Å². The van der Waals surface area contributed by atoms with Crippen LogP contribution in [0, 0.1) is 0 Å². The van der Waals surface area contributed by atoms with Crippen LogP contribution in [0.5, 0.6) is 0 Å². The standard InChI is InChI=1S/C19H20N2O2S/c1-2-18(22)21-9-4-7-17(12-21)20-19(23)15-6-3-5-14(11-15)16-8-10-24-13-16/h2-3,5-6,8,10-11,13,17H,1,4,7,9,12H2,(H,20,23)/t17-/m0/s1. The second-order valence-corrected chi connectivity index (χ2v) is 6.67. The van der Waals surface area contributed by atoms with Crippen LogP contribution in [0.15, 0.2) is 53.7 Å². The topological polar surface area (TPSA) is 49.4 Å². The first-order chi connectivity index (χ1) is 11.7. The van der Waals surface area contributed by atoms with E-state index < -0.39 is 0 Å². The maximum atomic E-state index is 12.5. The zero-order chi connectivity index (χ0) is 16.9. The van der Waals surface area contributed by atoms with Gasteiger partial charge in [0.25, 0.3) is 5.91 Å². The third kappa shape index (κ3) is 3.74. The summed E-state index contributed by atoms with van der Waals surface area (Å²) in [6.45, 7) is 4.80. The fourth-order valence-corrected chi connectivity index (χ4v) is 3.63. The van der Waals surface area contributed by atoms with Gasteiger partial charge >= 0.3 is 0 Å². The number of rotatable bonds is 4. The van der Waals surface area contributed by atoms with E-state index in [1.165, 1.54) is 6.08 Å². The summed E-state index contributed by atoms with van der Waals surface area (Å²) >= 11 is 1.64. The fraction of sp³-hybridized carbons (Fsp3) is 0.263. The van der Waals surface area contributed by atoms with Crippen molar-refractivity contribution in [2.24, 2.45) is 0 Å². The van der Waals surface area contributed by atoms with Gasteiger partial charge in [-0.05, 0) is 59.0 Å². The summed E-state index contributed by atoms with van der Waals surface area (Å²) < 4.78 is 0. The molecular formula is C19H20N2O2S. The third-order valence-corrected chi connectivity index (χ3v) is 4.91. The second kappa shape index (κ2) is 7.45. The quantitative estimate of drug-likeness (QED) is 0.868. The minimum Gasteiger partial charge on any atom is -0.348 e. The minimum absolute atomic E-state index is 0.0139. The van der Waals surface area contributed by atoms with Crippen LogP contribution < -0.4 is 5.32 Å². The molecule has 4 nitrogen and oxygen atoms in total. The van der Waals surface area contributed by atoms with Gasteiger partial charge in [-0.3, -0.25) is 9.59 Å². The highest BCUT2D eigenvalue weighted by atomic mass is 32.1. The number of hydrogen-bond acceptors (Lipinski definition) is 3. The van der Waals surface area contributed by atoms with E-state index in [2.05, 4.69) is 17.3 Å². The van der Waals surface area contributed by atoms with Gasteiger partial charge in [0, 0.05) is 24.7 Å². The predicted molar refractivity (Wildman–Crippen MR) is 97.0 cm³/mol. The molecule has 3 rings (SSSR count). The highest BCUT2D eigenvalue weighted by Crippen LogP contribution is 2.23. The lowest BCUT2D eigenvalue weighted by Gasteiger charge is -2.32. The average Bonchev–Trinajstić information content (AvgIpc) is 3.16. The Kier molecular flexibility index (Phi) is 5.11. The number of benzene rings is 1. The fourth-order valence-electron chi connectivity index (χ4n) is 2.96. The molecule has 0 spiro atoms. The Morgan fingerprint density at radius 3 is 2.92 bits per heavy atom. The van der Waals surface area contributed by atoms with Crippen molar-refractivity contribution in [3.05, 3.63) is 59.3 Å². The molecule has 0 aliphatic carbocycles. The summed E-state index contributed by atoms with van der Waals surface area (Å²) in [6.07, 6.45) is 3.10. The Morgan fingerprint density at radius 2 is 2.17 bits per heavy atom. The molecule has 124 valence electrons. The molecule has 24 heavy (non-hydrogen) atoms. The number of likely N-dealkylation sites (tertiary alicyclic amines) is 1. The second-order valence-electron chi connectivity index (χ2n) is 5.89. The molecule has 1 atom stereocenters. The molecule has 5 heteroatoms. The van der Waals surface area contributed by atoms with E-state index in [0.717, 1.165) is 30.5 Å². The summed E-state index contributed by atoms with van der Waals surface area (Å²) in [4.78, 5) is 26.0. The third-order valence-electron chi connectivity index (χ3n) is 4.22. The Morgan fingerprint density at radius 1 is 1.29 bits per heavy atom. The summed E-state index contributed by atoms with van der Waals surface area (Å²) in [5, 5.41) is 7.14. The van der Waals surface area contributed by atoms with Gasteiger partial charge < -0.3 is 10.2 Å². The Balaban J connectivity index is 1.68. The van der Waals surface area contributed by atoms with Crippen LogP contribution in [-0.2, 0) is 4.79 Å². The molecule has 1 saturated heterocycles. The van der Waals surface area contributed by atoms with Crippen LogP contribution in [-0.4, -0.2) is 35.8 Å². The molecule has 0 radical (unpaired) electrons. The van der Waals surface area contributed by atoms with Gasteiger partial charge in [0.05, 0.1) is 0 Å². The van der Waals surface area contributed by atoms with Crippen LogP contribution in [0.3, 0.4) is 0 Å². The summed E-state index contributed by atoms with van der Waals surface area (Å²) in [5.41, 5.74) is 2.80. The molecule has 1 aliphatic rings. The van der Waals surface area contributed by atoms with Crippen molar-refractivity contribution in [3.8, 4) is 11.1 Å². The summed E-state index contributed by atoms with van der Waals surface area (Å²) in [6, 6.07) is 9.66. The highest BCUT2D eigenvalue weighted by Gasteiger charge is 2.23. The first-order valence-electron chi connectivity index (χ1n) is 8.02. The largest absolute Gasteiger partial charge is 0.348 e. The maximum absolute atomic E-state index is 12.5. The maximum Gasteiger partial charge on any atom is 0.251 e. The SMILES string of the molecule is C=CC(=O)N1CCC[C@H](NC(=O)c2cccc(-c3ccsc3)c2)C1. The molecule has 1 aromatic carbocycles. The molecule has 1 aliphatic heterocycles. The number of hydrogen-bond donors (Lipinski definition) is 1. The van der Waals surface area contributed by atoms with E-state index in [0.29, 0.717) is 12.1 Å². The zero-order valence-corrected chi connectivity index (χ0v) is 14.2. The zero-order valence-electron chi connectivity index (χ0n) is 13.4. The Labute approximate surface area is 145 Å². The van der Waals surface area contributed by atoms with Gasteiger partial charge in [0.15, 0.2) is 0 Å². The average molecular weight is 340 g/mol. The van der Waals surface area contributed by atoms with Crippen LogP contribution in [0.1, 0.15) is 23.2 Å². The molecule has 2 amide bonds. The molecule has 2 aromatic rings. The molecule has 2 heterocycles. The van der Waals surface area contributed by atoms with Gasteiger partial charge in [-0.1, -0.05) is 18.7 Å². The van der Waals surface area contributed by atoms with Crippen LogP contribution in [0.2, 0.25) is 0 Å². The predicted octanol–water partition coefficient (Wildman–Crippen LogP) is 3.32. The number of nitrogens with zero attached hydrogens (tertiary/aromatic N) is 1. The summed E-state index contributed by atoms with van der Waals surface area (Å²) in [7, 11) is 0. The van der Waals surface area contributed by atoms with E-state index in [1.54, 1.807) is 16.2 Å². The highest BCUT2D eigenvalue weighted by molar-refractivity contribution is 7.08. The number of amides is 2. The Bertz CT molecular complexity index is 740. The lowest BCUT2D eigenvalue weighted by molar-refractivity contribution is -0.127. The van der Waals surface area contributed by atoms with Crippen molar-refractivity contribution in [2.75, 3.05) is 13.1 Å².